The van der Waals surface area contributed by atoms with Crippen molar-refractivity contribution >= 4 is 34.3 Å². The Labute approximate surface area is 549 Å². The molecule has 0 spiro atoms. The molecule has 0 aromatic heterocycles. The third-order valence-corrected chi connectivity index (χ3v) is 19.1. The van der Waals surface area contributed by atoms with Gasteiger partial charge in [-0.05, 0) is 89.1 Å². The van der Waals surface area contributed by atoms with Gasteiger partial charge in [-0.25, -0.2) is 4.79 Å². The number of methoxy groups -OCH3 is 2. The molecule has 5 aliphatic heterocycles. The summed E-state index contributed by atoms with van der Waals surface area (Å²) >= 11 is 0. The molecule has 4 aromatic rings. The van der Waals surface area contributed by atoms with E-state index in [9.17, 15) is 55.5 Å². The molecule has 27 nitrogen and oxygen atoms in total. The number of Topliss-reactive ketones (excluding diaryl/α,β-unsaturated/α-hetero) is 1. The first-order chi connectivity index (χ1) is 45.1. The third-order valence-electron chi connectivity index (χ3n) is 19.1. The Kier molecular flexibility index (Phi) is 22.9. The Hall–Kier alpha value is -6.06. The second kappa shape index (κ2) is 30.4. The van der Waals surface area contributed by atoms with Crippen molar-refractivity contribution in [2.45, 2.75) is 247 Å². The lowest BCUT2D eigenvalue weighted by atomic mass is 9.76. The highest BCUT2D eigenvalue weighted by molar-refractivity contribution is 6.11. The highest BCUT2D eigenvalue weighted by Crippen LogP contribution is 2.48. The Morgan fingerprint density at radius 2 is 1.09 bits per heavy atom. The summed E-state index contributed by atoms with van der Waals surface area (Å²) in [5.41, 5.74) is -0.208. The van der Waals surface area contributed by atoms with E-state index in [1.807, 2.05) is 0 Å². The third kappa shape index (κ3) is 16.1. The van der Waals surface area contributed by atoms with Crippen molar-refractivity contribution in [2.24, 2.45) is 5.92 Å². The number of ether oxygens (including phenoxy) is 12. The van der Waals surface area contributed by atoms with Crippen LogP contribution in [0.15, 0.2) is 72.8 Å². The fraction of sp³-hybridized carbons (Fsp3) is 0.618. The van der Waals surface area contributed by atoms with Crippen LogP contribution in [-0.2, 0) is 85.8 Å². The van der Waals surface area contributed by atoms with Crippen LogP contribution < -0.4 is 15.4 Å². The number of carbonyl (C=O) groups is 4. The maximum atomic E-state index is 15.6. The summed E-state index contributed by atoms with van der Waals surface area (Å²) in [4.78, 5) is 58.8. The molecule has 0 saturated carbocycles. The average molecular weight is 1340 g/mol. The Balaban J connectivity index is 0.954. The number of amides is 2. The van der Waals surface area contributed by atoms with Gasteiger partial charge in [0.05, 0.1) is 78.6 Å². The minimum atomic E-state index is -1.73. The van der Waals surface area contributed by atoms with Crippen molar-refractivity contribution in [1.82, 2.24) is 10.6 Å². The number of benzene rings is 4. The molecule has 5 saturated heterocycles. The average Bonchev–Trinajstić information content (AvgIpc) is 0.735. The summed E-state index contributed by atoms with van der Waals surface area (Å²) in [6.07, 6.45) is -24.5. The number of ketones is 1. The maximum Gasteiger partial charge on any atom is 0.328 e. The zero-order valence-corrected chi connectivity index (χ0v) is 54.5. The summed E-state index contributed by atoms with van der Waals surface area (Å²) in [6, 6.07) is 18.2. The summed E-state index contributed by atoms with van der Waals surface area (Å²) in [5.74, 6) is -5.61. The van der Waals surface area contributed by atoms with Gasteiger partial charge in [-0.15, -0.1) is 0 Å². The number of fused-ring (bicyclic) bond motifs is 2. The number of hydrogen-bond acceptors (Lipinski definition) is 25. The number of rotatable bonds is 21. The highest BCUT2D eigenvalue weighted by atomic mass is 16.7. The number of aromatic hydroxyl groups is 2. The minimum absolute atomic E-state index is 0.0473. The number of carbonyl (C=O) groups excluding carboxylic acids is 4. The lowest BCUT2D eigenvalue weighted by Gasteiger charge is -2.46. The number of aliphatic hydroxyl groups is 7. The maximum absolute atomic E-state index is 15.6. The van der Waals surface area contributed by atoms with Crippen LogP contribution in [-0.4, -0.2) is 231 Å². The van der Waals surface area contributed by atoms with Gasteiger partial charge in [0.25, 0.3) is 0 Å². The normalized spacial score (nSPS) is 36.1. The number of hydrogen-bond donors (Lipinski definition) is 11. The van der Waals surface area contributed by atoms with Gasteiger partial charge in [0.2, 0.25) is 18.1 Å². The SMILES string of the molecule is COC(=O)[C@H](Cc1ccccc1)NC(=O)[C@H](Cc1ccccc1)NC(=O)[C@@H](OC)[C@@H]1Cc2cc3cc(O[C@H]4C[C@@H](O[C@H]5C[C@@H](O)[C@H](O)[C@@H](C)O5)[C@H](O)[C@@H](C)O4)c(C)c(O)c3c(O)c2C(=O)[C@H]1O[C@H]1C[C@@H](O[C@H]2C[C@@H](O[C@H]3C[C@](C)(O)[C@H](O)[C@@H](C)O3)[C@@H](O)[C@@H](C)O2)[C@H](O)[C@@H](C)O1. The van der Waals surface area contributed by atoms with E-state index >= 15 is 9.59 Å². The molecule has 0 unspecified atom stereocenters. The van der Waals surface area contributed by atoms with Gasteiger partial charge in [-0.2, -0.15) is 0 Å². The molecule has 1 aliphatic carbocycles. The van der Waals surface area contributed by atoms with Gasteiger partial charge >= 0.3 is 5.97 Å². The van der Waals surface area contributed by atoms with Gasteiger partial charge < -0.3 is 113 Å². The van der Waals surface area contributed by atoms with Crippen molar-refractivity contribution < 1.29 is 122 Å². The molecule has 11 N–H and O–H groups in total. The van der Waals surface area contributed by atoms with Gasteiger partial charge in [0, 0.05) is 63.5 Å². The van der Waals surface area contributed by atoms with Crippen LogP contribution in [0.2, 0.25) is 0 Å². The van der Waals surface area contributed by atoms with Gasteiger partial charge in [-0.1, -0.05) is 60.7 Å². The predicted molar refractivity (Wildman–Crippen MR) is 332 cm³/mol. The van der Waals surface area contributed by atoms with E-state index in [0.717, 1.165) is 0 Å². The number of aliphatic hydroxyl groups excluding tert-OH is 6. The van der Waals surface area contributed by atoms with Crippen molar-refractivity contribution in [3.8, 4) is 17.2 Å². The molecule has 4 aromatic carbocycles. The van der Waals surface area contributed by atoms with Crippen LogP contribution in [0.3, 0.4) is 0 Å². The first kappa shape index (κ1) is 71.7. The first-order valence-electron chi connectivity index (χ1n) is 32.3. The Bertz CT molecular complexity index is 3300. The van der Waals surface area contributed by atoms with Crippen LogP contribution in [0.5, 0.6) is 17.2 Å². The van der Waals surface area contributed by atoms with Crippen LogP contribution >= 0.6 is 0 Å². The second-order valence-corrected chi connectivity index (χ2v) is 26.1. The molecule has 6 aliphatic rings. The van der Waals surface area contributed by atoms with Gasteiger partial charge in [0.1, 0.15) is 72.1 Å². The highest BCUT2D eigenvalue weighted by Gasteiger charge is 2.51. The van der Waals surface area contributed by atoms with Crippen molar-refractivity contribution in [3.63, 3.8) is 0 Å². The first-order valence-corrected chi connectivity index (χ1v) is 32.3. The molecule has 2 amide bonds. The topological polar surface area (TPSA) is 385 Å². The quantitative estimate of drug-likeness (QED) is 0.0532. The Morgan fingerprint density at radius 3 is 1.63 bits per heavy atom. The van der Waals surface area contributed by atoms with Crippen LogP contribution in [0.25, 0.3) is 10.8 Å². The van der Waals surface area contributed by atoms with Gasteiger partial charge in [-0.3, -0.25) is 14.4 Å². The smallest absolute Gasteiger partial charge is 0.328 e. The summed E-state index contributed by atoms with van der Waals surface area (Å²) in [5, 5.41) is 106. The van der Waals surface area contributed by atoms with E-state index in [2.05, 4.69) is 10.6 Å². The van der Waals surface area contributed by atoms with Crippen LogP contribution in [0.1, 0.15) is 106 Å². The largest absolute Gasteiger partial charge is 0.507 e. The van der Waals surface area contributed by atoms with E-state index in [1.54, 1.807) is 101 Å². The molecule has 5 heterocycles. The minimum Gasteiger partial charge on any atom is -0.507 e. The standard InChI is InChI=1S/C68H90N2O25/c1-30-44(91-49-26-45(57(74)32(3)87-49)92-48-25-43(71)56(73)31(2)86-48)24-39-22-38-23-40(63(84-8)66(81)69-41(20-36-16-12-10-13-17-36)65(80)70-42(67(82)85-9)21-37-18-14-11-15-19-37)62(61(78)54(38)60(77)53(39)55(30)72)95-51-28-46(58(75)34(5)89-51)93-50-27-47(59(76)33(4)88-50)94-52-29-68(7,83)64(79)35(6)90-52/h10-19,22,24,31-35,40-43,45-52,56-59,62-64,71-77,79,83H,20-21,23,25-29H2,1-9H3,(H,69,81)(H,70,80)/t31-,32-,33-,34-,35-,40-,41+,42+,43-,45-,46-,47-,48+,49+,50+,51+,52+,56-,57-,58-,59+,62+,63+,64-,68+/m1/s1. The molecule has 5 fully saturated rings. The van der Waals surface area contributed by atoms with Crippen molar-refractivity contribution in [3.05, 3.63) is 101 Å². The number of phenolic OH excluding ortho intramolecular Hbond substituents is 2. The van der Waals surface area contributed by atoms with Crippen molar-refractivity contribution in [2.75, 3.05) is 14.2 Å². The summed E-state index contributed by atoms with van der Waals surface area (Å²) in [7, 11) is 2.42. The van der Waals surface area contributed by atoms with E-state index in [4.69, 9.17) is 56.8 Å². The lowest BCUT2D eigenvalue weighted by molar-refractivity contribution is -0.334. The van der Waals surface area contributed by atoms with E-state index in [-0.39, 0.29) is 84.6 Å². The molecule has 27 heteroatoms. The Morgan fingerprint density at radius 1 is 0.611 bits per heavy atom. The predicted octanol–water partition coefficient (Wildman–Crippen LogP) is 2.07. The molecular formula is C68H90N2O25. The lowest BCUT2D eigenvalue weighted by Crippen LogP contribution is -2.59. The molecule has 10 rings (SSSR count). The van der Waals surface area contributed by atoms with E-state index < -0.39 is 188 Å². The molecular weight excluding hydrogens is 1240 g/mol. The van der Waals surface area contributed by atoms with Crippen LogP contribution in [0.4, 0.5) is 0 Å². The number of phenols is 2. The molecule has 95 heavy (non-hydrogen) atoms. The van der Waals surface area contributed by atoms with E-state index in [1.165, 1.54) is 34.1 Å². The summed E-state index contributed by atoms with van der Waals surface area (Å²) < 4.78 is 73.1. The number of esters is 1. The number of nitrogens with one attached hydrogen (secondary N) is 2. The van der Waals surface area contributed by atoms with Crippen LogP contribution in [0, 0.1) is 12.8 Å². The molecule has 25 atom stereocenters. The zero-order chi connectivity index (χ0) is 68.5. The fourth-order valence-corrected chi connectivity index (χ4v) is 13.7. The van der Waals surface area contributed by atoms with Gasteiger partial charge in [0.15, 0.2) is 30.9 Å². The molecule has 522 valence electrons. The summed E-state index contributed by atoms with van der Waals surface area (Å²) in [6.45, 7) is 10.9. The van der Waals surface area contributed by atoms with Crippen molar-refractivity contribution in [1.29, 1.82) is 0 Å². The second-order valence-electron chi connectivity index (χ2n) is 26.1. The fourth-order valence-electron chi connectivity index (χ4n) is 13.7. The molecule has 0 radical (unpaired) electrons. The molecule has 0 bridgehead atoms. The zero-order valence-electron chi connectivity index (χ0n) is 54.5. The van der Waals surface area contributed by atoms with E-state index in [0.29, 0.717) is 11.1 Å². The monoisotopic (exact) mass is 1330 g/mol.